The van der Waals surface area contributed by atoms with Gasteiger partial charge in [-0.25, -0.2) is 4.79 Å². The van der Waals surface area contributed by atoms with Crippen LogP contribution in [0.15, 0.2) is 24.0 Å². The maximum atomic E-state index is 10.8. The smallest absolute Gasteiger partial charge is 0.330 e. The molecule has 0 aromatic rings. The first-order valence-corrected chi connectivity index (χ1v) is 6.31. The number of hydrogen-bond acceptors (Lipinski definition) is 5. The number of rotatable bonds is 9. The molecule has 110 valence electrons. The molecule has 0 radical (unpaired) electrons. The molecule has 0 rings (SSSR count). The first-order chi connectivity index (χ1) is 8.90. The van der Waals surface area contributed by atoms with E-state index in [1.807, 2.05) is 28.2 Å². The van der Waals surface area contributed by atoms with E-state index in [-0.39, 0.29) is 6.61 Å². The Balaban J connectivity index is 3.96. The summed E-state index contributed by atoms with van der Waals surface area (Å²) in [5.74, 6) is 0.767. The summed E-state index contributed by atoms with van der Waals surface area (Å²) in [6.07, 6.45) is 1.99. The molecule has 0 atom stereocenters. The van der Waals surface area contributed by atoms with Crippen molar-refractivity contribution in [3.8, 4) is 0 Å². The normalized spacial score (nSPS) is 9.74. The molecule has 0 fully saturated rings. The molecule has 0 N–H and O–H groups in total. The highest BCUT2D eigenvalue weighted by Crippen LogP contribution is 2.12. The molecule has 5 nitrogen and oxygen atoms in total. The summed E-state index contributed by atoms with van der Waals surface area (Å²) in [7, 11) is 8.09. The standard InChI is InChI=1S/C14H26N2O3/c1-7-13(17)19-11-10-18-9-8-12(2)14(15(3)4)16(5)6/h7H,1,8-11H2,2-6H3. The fraction of sp³-hybridized carbons (Fsp3) is 0.643. The molecule has 0 aromatic carbocycles. The number of hydrogen-bond donors (Lipinski definition) is 0. The van der Waals surface area contributed by atoms with E-state index in [0.717, 1.165) is 12.5 Å². The van der Waals surface area contributed by atoms with Crippen molar-refractivity contribution in [3.05, 3.63) is 24.0 Å². The average Bonchev–Trinajstić information content (AvgIpc) is 2.32. The van der Waals surface area contributed by atoms with Crippen molar-refractivity contribution in [3.63, 3.8) is 0 Å². The molecule has 0 amide bonds. The van der Waals surface area contributed by atoms with Crippen LogP contribution in [-0.4, -0.2) is 63.8 Å². The molecule has 0 aliphatic carbocycles. The average molecular weight is 270 g/mol. The molecule has 0 aromatic heterocycles. The zero-order chi connectivity index (χ0) is 14.8. The quantitative estimate of drug-likeness (QED) is 0.361. The fourth-order valence-corrected chi connectivity index (χ4v) is 1.86. The van der Waals surface area contributed by atoms with E-state index in [2.05, 4.69) is 23.3 Å². The summed E-state index contributed by atoms with van der Waals surface area (Å²) in [6, 6.07) is 0. The summed E-state index contributed by atoms with van der Waals surface area (Å²) < 4.78 is 10.2. The van der Waals surface area contributed by atoms with Crippen LogP contribution in [0.2, 0.25) is 0 Å². The van der Waals surface area contributed by atoms with Crippen molar-refractivity contribution >= 4 is 5.97 Å². The number of esters is 1. The van der Waals surface area contributed by atoms with Gasteiger partial charge in [-0.2, -0.15) is 0 Å². The summed E-state index contributed by atoms with van der Waals surface area (Å²) in [4.78, 5) is 14.9. The second-order valence-electron chi connectivity index (χ2n) is 4.63. The molecule has 0 saturated heterocycles. The second kappa shape index (κ2) is 9.44. The maximum Gasteiger partial charge on any atom is 0.330 e. The van der Waals surface area contributed by atoms with E-state index in [0.29, 0.717) is 13.2 Å². The summed E-state index contributed by atoms with van der Waals surface area (Å²) in [5, 5.41) is 0. The van der Waals surface area contributed by atoms with Gasteiger partial charge in [0.2, 0.25) is 0 Å². The van der Waals surface area contributed by atoms with Gasteiger partial charge in [0.25, 0.3) is 0 Å². The van der Waals surface area contributed by atoms with Crippen LogP contribution in [0.4, 0.5) is 0 Å². The maximum absolute atomic E-state index is 10.8. The van der Waals surface area contributed by atoms with E-state index >= 15 is 0 Å². The van der Waals surface area contributed by atoms with Crippen LogP contribution in [0, 0.1) is 0 Å². The number of nitrogens with zero attached hydrogens (tertiary/aromatic N) is 2. The highest BCUT2D eigenvalue weighted by atomic mass is 16.6. The van der Waals surface area contributed by atoms with Gasteiger partial charge in [0.05, 0.1) is 13.2 Å². The molecule has 0 saturated carbocycles. The largest absolute Gasteiger partial charge is 0.460 e. The van der Waals surface area contributed by atoms with Crippen LogP contribution in [0.1, 0.15) is 13.3 Å². The van der Waals surface area contributed by atoms with Crippen LogP contribution in [0.25, 0.3) is 0 Å². The Morgan fingerprint density at radius 2 is 1.68 bits per heavy atom. The number of ether oxygens (including phenoxy) is 2. The molecule has 19 heavy (non-hydrogen) atoms. The third kappa shape index (κ3) is 7.51. The topological polar surface area (TPSA) is 42.0 Å². The van der Waals surface area contributed by atoms with Crippen molar-refractivity contribution in [2.24, 2.45) is 0 Å². The van der Waals surface area contributed by atoms with E-state index in [9.17, 15) is 4.79 Å². The lowest BCUT2D eigenvalue weighted by Gasteiger charge is -2.27. The molecule has 0 aliphatic heterocycles. The minimum absolute atomic E-state index is 0.266. The van der Waals surface area contributed by atoms with Crippen molar-refractivity contribution in [2.45, 2.75) is 13.3 Å². The van der Waals surface area contributed by atoms with Gasteiger partial charge in [0.1, 0.15) is 12.4 Å². The van der Waals surface area contributed by atoms with Crippen LogP contribution >= 0.6 is 0 Å². The van der Waals surface area contributed by atoms with Gasteiger partial charge in [0.15, 0.2) is 0 Å². The summed E-state index contributed by atoms with van der Waals surface area (Å²) >= 11 is 0. The number of carbonyl (C=O) groups excluding carboxylic acids is 1. The van der Waals surface area contributed by atoms with Crippen LogP contribution < -0.4 is 0 Å². The Morgan fingerprint density at radius 1 is 1.11 bits per heavy atom. The van der Waals surface area contributed by atoms with Crippen molar-refractivity contribution in [1.82, 2.24) is 9.80 Å². The molecular weight excluding hydrogens is 244 g/mol. The Labute approximate surface area is 116 Å². The predicted octanol–water partition coefficient (Wildman–Crippen LogP) is 1.48. The van der Waals surface area contributed by atoms with E-state index in [1.54, 1.807) is 0 Å². The third-order valence-electron chi connectivity index (χ3n) is 2.49. The molecule has 0 heterocycles. The fourth-order valence-electron chi connectivity index (χ4n) is 1.86. The Hall–Kier alpha value is -1.49. The monoisotopic (exact) mass is 270 g/mol. The minimum Gasteiger partial charge on any atom is -0.460 e. The van der Waals surface area contributed by atoms with Crippen LogP contribution in [-0.2, 0) is 14.3 Å². The highest BCUT2D eigenvalue weighted by Gasteiger charge is 2.07. The lowest BCUT2D eigenvalue weighted by Crippen LogP contribution is -2.26. The lowest BCUT2D eigenvalue weighted by molar-refractivity contribution is -0.139. The molecule has 0 bridgehead atoms. The zero-order valence-electron chi connectivity index (χ0n) is 12.7. The number of carbonyl (C=O) groups is 1. The summed E-state index contributed by atoms with van der Waals surface area (Å²) in [6.45, 7) is 6.70. The minimum atomic E-state index is -0.415. The molecule has 5 heteroatoms. The van der Waals surface area contributed by atoms with Gasteiger partial charge in [-0.1, -0.05) is 6.58 Å². The van der Waals surface area contributed by atoms with Crippen LogP contribution in [0.3, 0.4) is 0 Å². The SMILES string of the molecule is C=CC(=O)OCCOCCC(C)=C(N(C)C)N(C)C. The van der Waals surface area contributed by atoms with E-state index < -0.39 is 5.97 Å². The van der Waals surface area contributed by atoms with E-state index in [4.69, 9.17) is 9.47 Å². The Morgan fingerprint density at radius 3 is 2.16 bits per heavy atom. The highest BCUT2D eigenvalue weighted by molar-refractivity contribution is 5.81. The van der Waals surface area contributed by atoms with Gasteiger partial charge in [0, 0.05) is 34.3 Å². The first kappa shape index (κ1) is 17.5. The van der Waals surface area contributed by atoms with Crippen molar-refractivity contribution < 1.29 is 14.3 Å². The predicted molar refractivity (Wildman–Crippen MR) is 76.7 cm³/mol. The summed E-state index contributed by atoms with van der Waals surface area (Å²) in [5.41, 5.74) is 1.26. The van der Waals surface area contributed by atoms with Gasteiger partial charge in [-0.3, -0.25) is 0 Å². The molecule has 0 unspecified atom stereocenters. The first-order valence-electron chi connectivity index (χ1n) is 6.31. The van der Waals surface area contributed by atoms with Crippen molar-refractivity contribution in [2.75, 3.05) is 48.0 Å². The Kier molecular flexibility index (Phi) is 8.70. The van der Waals surface area contributed by atoms with Gasteiger partial charge in [-0.15, -0.1) is 0 Å². The van der Waals surface area contributed by atoms with E-state index in [1.165, 1.54) is 11.4 Å². The van der Waals surface area contributed by atoms with Crippen LogP contribution in [0.5, 0.6) is 0 Å². The molecule has 0 spiro atoms. The van der Waals surface area contributed by atoms with Gasteiger partial charge >= 0.3 is 5.97 Å². The second-order valence-corrected chi connectivity index (χ2v) is 4.63. The van der Waals surface area contributed by atoms with Crippen molar-refractivity contribution in [1.29, 1.82) is 0 Å². The van der Waals surface area contributed by atoms with Gasteiger partial charge < -0.3 is 19.3 Å². The molecular formula is C14H26N2O3. The van der Waals surface area contributed by atoms with Gasteiger partial charge in [-0.05, 0) is 18.9 Å². The zero-order valence-corrected chi connectivity index (χ0v) is 12.7. The lowest BCUT2D eigenvalue weighted by atomic mass is 10.2. The Bertz CT molecular complexity index is 313. The third-order valence-corrected chi connectivity index (χ3v) is 2.49. The molecule has 0 aliphatic rings.